The number of carboxylic acid groups (broad SMARTS) is 1. The highest BCUT2D eigenvalue weighted by Crippen LogP contribution is 2.16. The molecule has 0 fully saturated rings. The quantitative estimate of drug-likeness (QED) is 0.743. The van der Waals surface area contributed by atoms with E-state index in [1.165, 1.54) is 0 Å². The largest absolute Gasteiger partial charge is 0.480 e. The molecule has 1 N–H and O–H groups in total. The highest BCUT2D eigenvalue weighted by molar-refractivity contribution is 5.98. The van der Waals surface area contributed by atoms with Gasteiger partial charge in [0.25, 0.3) is 5.91 Å². The summed E-state index contributed by atoms with van der Waals surface area (Å²) in [7, 11) is 0. The number of carbonyl (C=O) groups is 3. The Labute approximate surface area is 164 Å². The van der Waals surface area contributed by atoms with Gasteiger partial charge in [-0.3, -0.25) is 9.59 Å². The first-order chi connectivity index (χ1) is 13.2. The third kappa shape index (κ3) is 6.23. The minimum atomic E-state index is -1.21. The van der Waals surface area contributed by atoms with E-state index in [1.54, 1.807) is 75.4 Å². The molecule has 0 saturated carbocycles. The Balaban J connectivity index is 2.35. The van der Waals surface area contributed by atoms with Crippen LogP contribution in [0.5, 0.6) is 0 Å². The van der Waals surface area contributed by atoms with Crippen molar-refractivity contribution in [2.24, 2.45) is 0 Å². The third-order valence-corrected chi connectivity index (χ3v) is 3.93. The smallest absolute Gasteiger partial charge is 0.326 e. The predicted octanol–water partition coefficient (Wildman–Crippen LogP) is 3.17. The Morgan fingerprint density at radius 3 is 2.00 bits per heavy atom. The summed E-state index contributed by atoms with van der Waals surface area (Å²) in [6.07, 6.45) is 0.0809. The third-order valence-electron chi connectivity index (χ3n) is 3.93. The van der Waals surface area contributed by atoms with E-state index in [0.717, 1.165) is 10.5 Å². The molecule has 148 valence electrons. The second-order valence-electron chi connectivity index (χ2n) is 7.43. The molecule has 0 aliphatic carbocycles. The molecule has 0 aliphatic rings. The molecule has 2 aromatic carbocycles. The summed E-state index contributed by atoms with van der Waals surface area (Å²) in [5.74, 6) is -2.37. The van der Waals surface area contributed by atoms with Gasteiger partial charge in [-0.1, -0.05) is 48.5 Å². The number of carboxylic acids is 1. The van der Waals surface area contributed by atoms with Gasteiger partial charge in [0.05, 0.1) is 0 Å². The Kier molecular flexibility index (Phi) is 6.93. The number of amides is 1. The number of aliphatic carboxylic acids is 1. The number of hydrogen-bond donors (Lipinski definition) is 1. The zero-order chi connectivity index (χ0) is 20.7. The van der Waals surface area contributed by atoms with E-state index in [0.29, 0.717) is 5.56 Å². The van der Waals surface area contributed by atoms with Gasteiger partial charge in [0.1, 0.15) is 18.2 Å². The topological polar surface area (TPSA) is 83.9 Å². The lowest BCUT2D eigenvalue weighted by molar-refractivity contribution is -0.157. The maximum absolute atomic E-state index is 13.0. The normalized spacial score (nSPS) is 12.1. The maximum atomic E-state index is 13.0. The van der Waals surface area contributed by atoms with Crippen LogP contribution in [-0.4, -0.2) is 46.0 Å². The van der Waals surface area contributed by atoms with Gasteiger partial charge in [-0.15, -0.1) is 0 Å². The van der Waals surface area contributed by atoms with Gasteiger partial charge in [0.15, 0.2) is 0 Å². The second kappa shape index (κ2) is 9.17. The highest BCUT2D eigenvalue weighted by Gasteiger charge is 2.33. The maximum Gasteiger partial charge on any atom is 0.326 e. The van der Waals surface area contributed by atoms with E-state index in [-0.39, 0.29) is 6.42 Å². The number of nitrogens with zero attached hydrogens (tertiary/aromatic N) is 1. The van der Waals surface area contributed by atoms with Crippen LogP contribution < -0.4 is 0 Å². The lowest BCUT2D eigenvalue weighted by Crippen LogP contribution is -2.49. The summed E-state index contributed by atoms with van der Waals surface area (Å²) in [6, 6.07) is 16.1. The zero-order valence-corrected chi connectivity index (χ0v) is 16.3. The Morgan fingerprint density at radius 2 is 1.50 bits per heavy atom. The van der Waals surface area contributed by atoms with Gasteiger partial charge in [-0.2, -0.15) is 0 Å². The Hall–Kier alpha value is -3.15. The summed E-state index contributed by atoms with van der Waals surface area (Å²) in [6.45, 7) is 4.70. The van der Waals surface area contributed by atoms with Crippen LogP contribution in [0.1, 0.15) is 36.7 Å². The molecular formula is C22H25NO5. The van der Waals surface area contributed by atoms with Crippen molar-refractivity contribution in [2.45, 2.75) is 38.8 Å². The average molecular weight is 383 g/mol. The first-order valence-corrected chi connectivity index (χ1v) is 9.02. The first-order valence-electron chi connectivity index (χ1n) is 9.02. The van der Waals surface area contributed by atoms with E-state index in [2.05, 4.69) is 0 Å². The fourth-order valence-electron chi connectivity index (χ4n) is 2.75. The SMILES string of the molecule is CC(C)(C)OC(=O)CN(C(=O)c1ccccc1)[C@@H](Cc1ccccc1)C(=O)O. The standard InChI is InChI=1S/C22H25NO5/c1-22(2,3)28-19(24)15-23(20(25)17-12-8-5-9-13-17)18(21(26)27)14-16-10-6-4-7-11-16/h4-13,18H,14-15H2,1-3H3,(H,26,27)/t18-/m0/s1. The van der Waals surface area contributed by atoms with Crippen molar-refractivity contribution in [3.63, 3.8) is 0 Å². The minimum absolute atomic E-state index is 0.0809. The van der Waals surface area contributed by atoms with Gasteiger partial charge in [0.2, 0.25) is 0 Å². The van der Waals surface area contributed by atoms with Crippen molar-refractivity contribution in [1.82, 2.24) is 4.90 Å². The molecule has 6 heteroatoms. The molecule has 0 unspecified atom stereocenters. The molecule has 6 nitrogen and oxygen atoms in total. The second-order valence-corrected chi connectivity index (χ2v) is 7.43. The fraction of sp³-hybridized carbons (Fsp3) is 0.318. The van der Waals surface area contributed by atoms with E-state index in [9.17, 15) is 19.5 Å². The van der Waals surface area contributed by atoms with E-state index in [4.69, 9.17) is 4.74 Å². The number of ether oxygens (including phenoxy) is 1. The Bertz CT molecular complexity index is 812. The van der Waals surface area contributed by atoms with Crippen molar-refractivity contribution in [1.29, 1.82) is 0 Å². The van der Waals surface area contributed by atoms with Crippen LogP contribution in [0, 0.1) is 0 Å². The molecule has 0 aliphatic heterocycles. The van der Waals surface area contributed by atoms with Crippen LogP contribution in [-0.2, 0) is 20.7 Å². The number of esters is 1. The fourth-order valence-corrected chi connectivity index (χ4v) is 2.75. The lowest BCUT2D eigenvalue weighted by atomic mass is 10.0. The molecule has 0 heterocycles. The van der Waals surface area contributed by atoms with E-state index < -0.39 is 36.0 Å². The van der Waals surface area contributed by atoms with Crippen LogP contribution in [0.4, 0.5) is 0 Å². The monoisotopic (exact) mass is 383 g/mol. The summed E-state index contributed by atoms with van der Waals surface area (Å²) in [5.41, 5.74) is 0.326. The van der Waals surface area contributed by atoms with E-state index >= 15 is 0 Å². The van der Waals surface area contributed by atoms with Crippen LogP contribution >= 0.6 is 0 Å². The van der Waals surface area contributed by atoms with Crippen LogP contribution in [0.2, 0.25) is 0 Å². The number of hydrogen-bond acceptors (Lipinski definition) is 4. The molecule has 2 rings (SSSR count). The van der Waals surface area contributed by atoms with Crippen LogP contribution in [0.25, 0.3) is 0 Å². The summed E-state index contributed by atoms with van der Waals surface area (Å²) in [5, 5.41) is 9.80. The highest BCUT2D eigenvalue weighted by atomic mass is 16.6. The molecule has 2 aromatic rings. The summed E-state index contributed by atoms with van der Waals surface area (Å²) < 4.78 is 5.31. The van der Waals surface area contributed by atoms with Gasteiger partial charge < -0.3 is 14.7 Å². The summed E-state index contributed by atoms with van der Waals surface area (Å²) >= 11 is 0. The van der Waals surface area contributed by atoms with Gasteiger partial charge in [-0.05, 0) is 38.5 Å². The van der Waals surface area contributed by atoms with Crippen molar-refractivity contribution in [3.05, 3.63) is 71.8 Å². The summed E-state index contributed by atoms with van der Waals surface area (Å²) in [4.78, 5) is 38.5. The van der Waals surface area contributed by atoms with Crippen LogP contribution in [0.3, 0.4) is 0 Å². The molecule has 28 heavy (non-hydrogen) atoms. The predicted molar refractivity (Wildman–Crippen MR) is 105 cm³/mol. The molecule has 0 bridgehead atoms. The van der Waals surface area contributed by atoms with Gasteiger partial charge in [-0.25, -0.2) is 4.79 Å². The van der Waals surface area contributed by atoms with Gasteiger partial charge >= 0.3 is 11.9 Å². The molecule has 0 aromatic heterocycles. The molecule has 0 spiro atoms. The van der Waals surface area contributed by atoms with Crippen molar-refractivity contribution < 1.29 is 24.2 Å². The van der Waals surface area contributed by atoms with Crippen molar-refractivity contribution >= 4 is 17.8 Å². The molecule has 1 amide bonds. The lowest BCUT2D eigenvalue weighted by Gasteiger charge is -2.30. The molecule has 1 atom stereocenters. The minimum Gasteiger partial charge on any atom is -0.480 e. The molecule has 0 saturated heterocycles. The molecular weight excluding hydrogens is 358 g/mol. The van der Waals surface area contributed by atoms with Crippen LogP contribution in [0.15, 0.2) is 60.7 Å². The van der Waals surface area contributed by atoms with Crippen molar-refractivity contribution in [3.8, 4) is 0 Å². The zero-order valence-electron chi connectivity index (χ0n) is 16.3. The first kappa shape index (κ1) is 21.2. The average Bonchev–Trinajstić information content (AvgIpc) is 2.64. The van der Waals surface area contributed by atoms with Crippen molar-refractivity contribution in [2.75, 3.05) is 6.54 Å². The van der Waals surface area contributed by atoms with Gasteiger partial charge in [0, 0.05) is 12.0 Å². The number of carbonyl (C=O) groups excluding carboxylic acids is 2. The number of rotatable bonds is 7. The Morgan fingerprint density at radius 1 is 0.964 bits per heavy atom. The van der Waals surface area contributed by atoms with E-state index in [1.807, 2.05) is 6.07 Å². The molecule has 0 radical (unpaired) electrons. The number of benzene rings is 2.